The lowest BCUT2D eigenvalue weighted by atomic mass is 10.1. The molecule has 1 aliphatic heterocycles. The van der Waals surface area contributed by atoms with Crippen molar-refractivity contribution in [2.24, 2.45) is 0 Å². The Kier molecular flexibility index (Phi) is 4.80. The molecule has 1 fully saturated rings. The molecule has 1 aliphatic rings. The average molecular weight is 262 g/mol. The third kappa shape index (κ3) is 3.96. The number of aromatic hydroxyl groups is 1. The maximum Gasteiger partial charge on any atom is 0.239 e. The van der Waals surface area contributed by atoms with Crippen molar-refractivity contribution < 1.29 is 9.90 Å². The molecule has 19 heavy (non-hydrogen) atoms. The molecule has 1 unspecified atom stereocenters. The molecule has 2 N–H and O–H groups in total. The van der Waals surface area contributed by atoms with E-state index >= 15 is 0 Å². The molecule has 0 bridgehead atoms. The molecular weight excluding hydrogens is 240 g/mol. The van der Waals surface area contributed by atoms with Crippen molar-refractivity contribution in [3.8, 4) is 5.75 Å². The van der Waals surface area contributed by atoms with Crippen LogP contribution in [0.3, 0.4) is 0 Å². The monoisotopic (exact) mass is 262 g/mol. The van der Waals surface area contributed by atoms with Gasteiger partial charge in [-0.2, -0.15) is 0 Å². The van der Waals surface area contributed by atoms with Gasteiger partial charge in [-0.05, 0) is 37.1 Å². The highest BCUT2D eigenvalue weighted by atomic mass is 16.3. The van der Waals surface area contributed by atoms with Crippen LogP contribution in [0.2, 0.25) is 0 Å². The number of phenols is 1. The average Bonchev–Trinajstić information content (AvgIpc) is 2.66. The number of rotatable bonds is 3. The quantitative estimate of drug-likeness (QED) is 0.874. The van der Waals surface area contributed by atoms with Gasteiger partial charge in [-0.25, -0.2) is 0 Å². The van der Waals surface area contributed by atoms with Crippen molar-refractivity contribution in [1.29, 1.82) is 0 Å². The lowest BCUT2D eigenvalue weighted by Crippen LogP contribution is -2.44. The van der Waals surface area contributed by atoms with Crippen LogP contribution in [-0.2, 0) is 11.3 Å². The molecule has 1 aromatic carbocycles. The second-order valence-corrected chi connectivity index (χ2v) is 5.22. The van der Waals surface area contributed by atoms with E-state index in [4.69, 9.17) is 0 Å². The number of benzene rings is 1. The van der Waals surface area contributed by atoms with Crippen LogP contribution in [0.15, 0.2) is 24.3 Å². The zero-order valence-electron chi connectivity index (χ0n) is 11.4. The van der Waals surface area contributed by atoms with Crippen LogP contribution >= 0.6 is 0 Å². The highest BCUT2D eigenvalue weighted by Crippen LogP contribution is 2.14. The van der Waals surface area contributed by atoms with E-state index in [1.165, 1.54) is 6.42 Å². The number of nitrogens with zero attached hydrogens (tertiary/aromatic N) is 1. The number of hydrogen-bond donors (Lipinski definition) is 2. The van der Waals surface area contributed by atoms with E-state index < -0.39 is 0 Å². The van der Waals surface area contributed by atoms with Gasteiger partial charge in [0.05, 0.1) is 6.04 Å². The first-order valence-electron chi connectivity index (χ1n) is 6.93. The normalized spacial score (nSPS) is 19.7. The largest absolute Gasteiger partial charge is 0.508 e. The van der Waals surface area contributed by atoms with E-state index in [-0.39, 0.29) is 17.7 Å². The Hall–Kier alpha value is -1.55. The lowest BCUT2D eigenvalue weighted by Gasteiger charge is -2.23. The molecule has 1 aromatic rings. The van der Waals surface area contributed by atoms with Gasteiger partial charge in [0.15, 0.2) is 0 Å². The van der Waals surface area contributed by atoms with Crippen molar-refractivity contribution in [1.82, 2.24) is 10.2 Å². The predicted octanol–water partition coefficient (Wildman–Crippen LogP) is 1.88. The Bertz CT molecular complexity index is 426. The van der Waals surface area contributed by atoms with Crippen LogP contribution in [0.5, 0.6) is 5.75 Å². The molecule has 0 aromatic heterocycles. The summed E-state index contributed by atoms with van der Waals surface area (Å²) in [5.41, 5.74) is 0.949. The molecule has 1 saturated heterocycles. The first-order valence-corrected chi connectivity index (χ1v) is 6.93. The van der Waals surface area contributed by atoms with E-state index in [0.717, 1.165) is 31.4 Å². The van der Waals surface area contributed by atoms with Crippen molar-refractivity contribution in [2.45, 2.75) is 38.3 Å². The van der Waals surface area contributed by atoms with Crippen LogP contribution < -0.4 is 5.32 Å². The molecule has 0 saturated carbocycles. The van der Waals surface area contributed by atoms with Gasteiger partial charge in [-0.15, -0.1) is 0 Å². The molecule has 1 atom stereocenters. The molecule has 0 radical (unpaired) electrons. The Balaban J connectivity index is 1.94. The van der Waals surface area contributed by atoms with Gasteiger partial charge in [0, 0.05) is 13.6 Å². The fourth-order valence-corrected chi connectivity index (χ4v) is 2.51. The van der Waals surface area contributed by atoms with E-state index in [1.807, 2.05) is 13.1 Å². The zero-order valence-corrected chi connectivity index (χ0v) is 11.4. The topological polar surface area (TPSA) is 52.6 Å². The third-order valence-electron chi connectivity index (χ3n) is 3.56. The second-order valence-electron chi connectivity index (χ2n) is 5.22. The van der Waals surface area contributed by atoms with Crippen LogP contribution in [0, 0.1) is 0 Å². The van der Waals surface area contributed by atoms with Crippen molar-refractivity contribution in [3.05, 3.63) is 29.8 Å². The van der Waals surface area contributed by atoms with Gasteiger partial charge in [0.2, 0.25) is 5.91 Å². The Morgan fingerprint density at radius 2 is 2.26 bits per heavy atom. The minimum Gasteiger partial charge on any atom is -0.508 e. The van der Waals surface area contributed by atoms with E-state index in [1.54, 1.807) is 23.1 Å². The van der Waals surface area contributed by atoms with Crippen molar-refractivity contribution in [3.63, 3.8) is 0 Å². The highest BCUT2D eigenvalue weighted by molar-refractivity contribution is 5.81. The summed E-state index contributed by atoms with van der Waals surface area (Å²) < 4.78 is 0. The van der Waals surface area contributed by atoms with Crippen LogP contribution in [0.25, 0.3) is 0 Å². The Morgan fingerprint density at radius 3 is 3.05 bits per heavy atom. The molecule has 0 aliphatic carbocycles. The number of hydrogen-bond acceptors (Lipinski definition) is 3. The van der Waals surface area contributed by atoms with Crippen LogP contribution in [0.4, 0.5) is 0 Å². The molecule has 0 spiro atoms. The number of nitrogens with one attached hydrogen (secondary N) is 1. The number of carbonyl (C=O) groups is 1. The summed E-state index contributed by atoms with van der Waals surface area (Å²) in [6, 6.07) is 7.00. The fraction of sp³-hybridized carbons (Fsp3) is 0.533. The van der Waals surface area contributed by atoms with Gasteiger partial charge >= 0.3 is 0 Å². The van der Waals surface area contributed by atoms with Gasteiger partial charge < -0.3 is 15.3 Å². The van der Waals surface area contributed by atoms with E-state index in [0.29, 0.717) is 6.54 Å². The minimum absolute atomic E-state index is 0.0511. The first-order chi connectivity index (χ1) is 9.16. The Morgan fingerprint density at radius 1 is 1.42 bits per heavy atom. The summed E-state index contributed by atoms with van der Waals surface area (Å²) in [5, 5.41) is 12.8. The van der Waals surface area contributed by atoms with Crippen LogP contribution in [0.1, 0.15) is 31.2 Å². The fourth-order valence-electron chi connectivity index (χ4n) is 2.51. The molecule has 104 valence electrons. The standard InChI is InChI=1S/C15H22N2O2/c1-17(11-12-6-5-7-13(18)10-12)15(19)14-8-3-2-4-9-16-14/h5-7,10,14,16,18H,2-4,8-9,11H2,1H3. The van der Waals surface area contributed by atoms with Crippen molar-refractivity contribution >= 4 is 5.91 Å². The minimum atomic E-state index is -0.0511. The van der Waals surface area contributed by atoms with Gasteiger partial charge in [0.25, 0.3) is 0 Å². The Labute approximate surface area is 114 Å². The number of phenolic OH excluding ortho intramolecular Hbond substituents is 1. The van der Waals surface area contributed by atoms with Crippen molar-refractivity contribution in [2.75, 3.05) is 13.6 Å². The number of carbonyl (C=O) groups excluding carboxylic acids is 1. The summed E-state index contributed by atoms with van der Waals surface area (Å²) in [6.07, 6.45) is 4.39. The lowest BCUT2D eigenvalue weighted by molar-refractivity contribution is -0.132. The van der Waals surface area contributed by atoms with Gasteiger partial charge in [0.1, 0.15) is 5.75 Å². The summed E-state index contributed by atoms with van der Waals surface area (Å²) in [5.74, 6) is 0.385. The molecule has 2 rings (SSSR count). The SMILES string of the molecule is CN(Cc1cccc(O)c1)C(=O)C1CCCCCN1. The summed E-state index contributed by atoms with van der Waals surface area (Å²) >= 11 is 0. The smallest absolute Gasteiger partial charge is 0.239 e. The first kappa shape index (κ1) is 13.9. The highest BCUT2D eigenvalue weighted by Gasteiger charge is 2.22. The predicted molar refractivity (Wildman–Crippen MR) is 74.8 cm³/mol. The maximum absolute atomic E-state index is 12.3. The summed E-state index contributed by atoms with van der Waals surface area (Å²) in [4.78, 5) is 14.1. The number of likely N-dealkylation sites (N-methyl/N-ethyl adjacent to an activating group) is 1. The third-order valence-corrected chi connectivity index (χ3v) is 3.56. The van der Waals surface area contributed by atoms with Crippen LogP contribution in [-0.4, -0.2) is 35.5 Å². The van der Waals surface area contributed by atoms with Gasteiger partial charge in [-0.3, -0.25) is 4.79 Å². The molecule has 1 heterocycles. The van der Waals surface area contributed by atoms with Gasteiger partial charge in [-0.1, -0.05) is 25.0 Å². The summed E-state index contributed by atoms with van der Waals surface area (Å²) in [7, 11) is 1.82. The maximum atomic E-state index is 12.3. The van der Waals surface area contributed by atoms with E-state index in [9.17, 15) is 9.90 Å². The molecule has 4 heteroatoms. The zero-order chi connectivity index (χ0) is 13.7. The second kappa shape index (κ2) is 6.57. The molecule has 4 nitrogen and oxygen atoms in total. The number of amides is 1. The molecule has 1 amide bonds. The van der Waals surface area contributed by atoms with E-state index in [2.05, 4.69) is 5.32 Å². The molecular formula is C15H22N2O2. The summed E-state index contributed by atoms with van der Waals surface area (Å²) in [6.45, 7) is 1.46.